The average molecular weight is 333 g/mol. The van der Waals surface area contributed by atoms with Crippen LogP contribution in [0.4, 0.5) is 0 Å². The zero-order chi connectivity index (χ0) is 13.2. The van der Waals surface area contributed by atoms with Crippen LogP contribution < -0.4 is 5.32 Å². The molecule has 1 heterocycles. The molecule has 1 amide bonds. The van der Waals surface area contributed by atoms with Crippen molar-refractivity contribution in [3.05, 3.63) is 28.7 Å². The van der Waals surface area contributed by atoms with Crippen LogP contribution >= 0.6 is 15.9 Å². The second-order valence-electron chi connectivity index (χ2n) is 4.03. The van der Waals surface area contributed by atoms with Crippen LogP contribution in [0.15, 0.2) is 33.6 Å². The van der Waals surface area contributed by atoms with E-state index in [-0.39, 0.29) is 23.2 Å². The maximum Gasteiger partial charge on any atom is 0.237 e. The van der Waals surface area contributed by atoms with E-state index in [4.69, 9.17) is 0 Å². The van der Waals surface area contributed by atoms with Crippen LogP contribution in [0, 0.1) is 0 Å². The lowest BCUT2D eigenvalue weighted by molar-refractivity contribution is -0.130. The van der Waals surface area contributed by atoms with Crippen molar-refractivity contribution in [2.75, 3.05) is 25.5 Å². The van der Waals surface area contributed by atoms with Gasteiger partial charge >= 0.3 is 0 Å². The Kier molecular flexibility index (Phi) is 4.04. The van der Waals surface area contributed by atoms with Gasteiger partial charge in [0.2, 0.25) is 5.91 Å². The second kappa shape index (κ2) is 5.38. The molecule has 98 valence electrons. The molecule has 1 fully saturated rings. The summed E-state index contributed by atoms with van der Waals surface area (Å²) in [7, 11) is -3.45. The maximum absolute atomic E-state index is 12.1. The van der Waals surface area contributed by atoms with Gasteiger partial charge in [-0.05, 0) is 24.3 Å². The third-order valence-corrected chi connectivity index (χ3v) is 4.86. The van der Waals surface area contributed by atoms with Crippen molar-refractivity contribution in [3.63, 3.8) is 0 Å². The average Bonchev–Trinajstić information content (AvgIpc) is 2.32. The number of benzene rings is 1. The predicted molar refractivity (Wildman–Crippen MR) is 70.8 cm³/mol. The smallest absolute Gasteiger partial charge is 0.237 e. The number of halogens is 1. The van der Waals surface area contributed by atoms with E-state index in [1.54, 1.807) is 12.1 Å². The Morgan fingerprint density at radius 1 is 1.28 bits per heavy atom. The van der Waals surface area contributed by atoms with Gasteiger partial charge in [-0.1, -0.05) is 15.9 Å². The van der Waals surface area contributed by atoms with Crippen LogP contribution in [0.5, 0.6) is 0 Å². The SMILES string of the molecule is O=C1CNCCN1CS(=O)(=O)c1ccc(Br)cc1. The predicted octanol–water partition coefficient (Wildman–Crippen LogP) is 0.612. The van der Waals surface area contributed by atoms with Crippen LogP contribution in [0.3, 0.4) is 0 Å². The van der Waals surface area contributed by atoms with Crippen molar-refractivity contribution >= 4 is 31.7 Å². The summed E-state index contributed by atoms with van der Waals surface area (Å²) in [6, 6.07) is 6.41. The molecule has 0 saturated carbocycles. The summed E-state index contributed by atoms with van der Waals surface area (Å²) >= 11 is 3.25. The first-order valence-electron chi connectivity index (χ1n) is 5.46. The quantitative estimate of drug-likeness (QED) is 0.880. The number of carbonyl (C=O) groups is 1. The van der Waals surface area contributed by atoms with Crippen LogP contribution in [0.1, 0.15) is 0 Å². The lowest BCUT2D eigenvalue weighted by Crippen LogP contribution is -2.49. The van der Waals surface area contributed by atoms with Crippen molar-refractivity contribution in [2.45, 2.75) is 4.90 Å². The van der Waals surface area contributed by atoms with Crippen LogP contribution in [0.2, 0.25) is 0 Å². The van der Waals surface area contributed by atoms with Crippen molar-refractivity contribution in [3.8, 4) is 0 Å². The molecule has 0 aliphatic carbocycles. The Hall–Kier alpha value is -0.920. The highest BCUT2D eigenvalue weighted by molar-refractivity contribution is 9.10. The minimum atomic E-state index is -3.45. The second-order valence-corrected chi connectivity index (χ2v) is 6.91. The molecule has 0 unspecified atom stereocenters. The fraction of sp³-hybridized carbons (Fsp3) is 0.364. The first kappa shape index (κ1) is 13.5. The number of hydrogen-bond donors (Lipinski definition) is 1. The maximum atomic E-state index is 12.1. The van der Waals surface area contributed by atoms with E-state index < -0.39 is 9.84 Å². The van der Waals surface area contributed by atoms with E-state index in [9.17, 15) is 13.2 Å². The van der Waals surface area contributed by atoms with Crippen molar-refractivity contribution in [1.82, 2.24) is 10.2 Å². The number of carbonyl (C=O) groups excluding carboxylic acids is 1. The van der Waals surface area contributed by atoms with Crippen molar-refractivity contribution < 1.29 is 13.2 Å². The molecule has 1 aromatic carbocycles. The lowest BCUT2D eigenvalue weighted by atomic mass is 10.4. The van der Waals surface area contributed by atoms with Crippen LogP contribution in [-0.2, 0) is 14.6 Å². The third kappa shape index (κ3) is 3.09. The summed E-state index contributed by atoms with van der Waals surface area (Å²) in [4.78, 5) is 13.2. The number of nitrogens with one attached hydrogen (secondary N) is 1. The number of nitrogens with zero attached hydrogens (tertiary/aromatic N) is 1. The molecule has 1 saturated heterocycles. The minimum absolute atomic E-state index is 0.179. The molecule has 7 heteroatoms. The van der Waals surface area contributed by atoms with Gasteiger partial charge in [0.1, 0.15) is 5.88 Å². The molecule has 5 nitrogen and oxygen atoms in total. The molecule has 1 aliphatic heterocycles. The molecular weight excluding hydrogens is 320 g/mol. The first-order valence-corrected chi connectivity index (χ1v) is 7.90. The van der Waals surface area contributed by atoms with Gasteiger partial charge in [0, 0.05) is 17.6 Å². The Morgan fingerprint density at radius 2 is 1.94 bits per heavy atom. The summed E-state index contributed by atoms with van der Waals surface area (Å²) in [5.41, 5.74) is 0. The first-order chi connectivity index (χ1) is 8.49. The van der Waals surface area contributed by atoms with E-state index in [2.05, 4.69) is 21.2 Å². The lowest BCUT2D eigenvalue weighted by Gasteiger charge is -2.26. The highest BCUT2D eigenvalue weighted by Gasteiger charge is 2.24. The molecule has 0 spiro atoms. The number of amides is 1. The summed E-state index contributed by atoms with van der Waals surface area (Å²) < 4.78 is 25.1. The monoisotopic (exact) mass is 332 g/mol. The molecule has 0 atom stereocenters. The van der Waals surface area contributed by atoms with Gasteiger partial charge in [-0.15, -0.1) is 0 Å². The highest BCUT2D eigenvalue weighted by atomic mass is 79.9. The molecule has 1 aromatic rings. The summed E-state index contributed by atoms with van der Waals surface area (Å²) in [6.07, 6.45) is 0. The molecule has 0 bridgehead atoms. The fourth-order valence-corrected chi connectivity index (χ4v) is 3.35. The van der Waals surface area contributed by atoms with E-state index in [1.807, 2.05) is 0 Å². The molecule has 2 rings (SSSR count). The van der Waals surface area contributed by atoms with Gasteiger partial charge in [0.05, 0.1) is 11.4 Å². The van der Waals surface area contributed by atoms with Gasteiger partial charge in [0.15, 0.2) is 9.84 Å². The molecular formula is C11H13BrN2O3S. The number of rotatable bonds is 3. The molecule has 1 N–H and O–H groups in total. The Labute approximate surface area is 114 Å². The van der Waals surface area contributed by atoms with E-state index in [1.165, 1.54) is 17.0 Å². The largest absolute Gasteiger partial charge is 0.326 e. The van der Waals surface area contributed by atoms with Crippen molar-refractivity contribution in [2.24, 2.45) is 0 Å². The summed E-state index contributed by atoms with van der Waals surface area (Å²) in [5.74, 6) is -0.434. The third-order valence-electron chi connectivity index (χ3n) is 2.69. The van der Waals surface area contributed by atoms with Gasteiger partial charge in [-0.25, -0.2) is 8.42 Å². The summed E-state index contributed by atoms with van der Waals surface area (Å²) in [5, 5.41) is 2.91. The van der Waals surface area contributed by atoms with Crippen LogP contribution in [0.25, 0.3) is 0 Å². The minimum Gasteiger partial charge on any atom is -0.326 e. The standard InChI is InChI=1S/C11H13BrN2O3S/c12-9-1-3-10(4-2-9)18(16,17)8-14-6-5-13-7-11(14)15/h1-4,13H,5-8H2. The van der Waals surface area contributed by atoms with Gasteiger partial charge in [0.25, 0.3) is 0 Å². The summed E-state index contributed by atoms with van der Waals surface area (Å²) in [6.45, 7) is 1.26. The van der Waals surface area contributed by atoms with Crippen molar-refractivity contribution in [1.29, 1.82) is 0 Å². The Bertz CT molecular complexity index is 542. The molecule has 0 radical (unpaired) electrons. The number of sulfone groups is 1. The highest BCUT2D eigenvalue weighted by Crippen LogP contribution is 2.17. The van der Waals surface area contributed by atoms with Crippen LogP contribution in [-0.4, -0.2) is 44.7 Å². The van der Waals surface area contributed by atoms with E-state index in [0.717, 1.165) is 4.47 Å². The number of piperazine rings is 1. The van der Waals surface area contributed by atoms with E-state index >= 15 is 0 Å². The van der Waals surface area contributed by atoms with Gasteiger partial charge in [-0.3, -0.25) is 4.79 Å². The van der Waals surface area contributed by atoms with Gasteiger partial charge < -0.3 is 10.2 Å². The normalized spacial score (nSPS) is 16.9. The fourth-order valence-electron chi connectivity index (χ4n) is 1.70. The van der Waals surface area contributed by atoms with Gasteiger partial charge in [-0.2, -0.15) is 0 Å². The Balaban J connectivity index is 2.16. The molecule has 1 aliphatic rings. The zero-order valence-electron chi connectivity index (χ0n) is 9.60. The van der Waals surface area contributed by atoms with E-state index in [0.29, 0.717) is 13.1 Å². The molecule has 18 heavy (non-hydrogen) atoms. The molecule has 0 aromatic heterocycles. The topological polar surface area (TPSA) is 66.5 Å². The Morgan fingerprint density at radius 3 is 2.56 bits per heavy atom. The zero-order valence-corrected chi connectivity index (χ0v) is 12.0. The number of hydrogen-bond acceptors (Lipinski definition) is 4.